The van der Waals surface area contributed by atoms with Gasteiger partial charge in [-0.1, -0.05) is 12.1 Å². The van der Waals surface area contributed by atoms with Crippen molar-refractivity contribution in [2.45, 2.75) is 4.90 Å². The summed E-state index contributed by atoms with van der Waals surface area (Å²) >= 11 is 0. The number of hydrogen-bond acceptors (Lipinski definition) is 11. The monoisotopic (exact) mass is 590 g/mol. The third-order valence-corrected chi connectivity index (χ3v) is 7.94. The second-order valence-electron chi connectivity index (χ2n) is 9.29. The number of fused-ring (bicyclic) bond motifs is 1. The quantitative estimate of drug-likeness (QED) is 0.263. The Morgan fingerprint density at radius 2 is 1.67 bits per heavy atom. The highest BCUT2D eigenvalue weighted by atomic mass is 32.2. The van der Waals surface area contributed by atoms with Crippen LogP contribution < -0.4 is 24.2 Å². The van der Waals surface area contributed by atoms with E-state index in [1.54, 1.807) is 30.3 Å². The second-order valence-corrected chi connectivity index (χ2v) is 11.0. The minimum atomic E-state index is -4.08. The highest BCUT2D eigenvalue weighted by Gasteiger charge is 2.22. The van der Waals surface area contributed by atoms with Gasteiger partial charge in [0.2, 0.25) is 0 Å². The predicted octanol–water partition coefficient (Wildman–Crippen LogP) is 3.77. The molecule has 12 nitrogen and oxygen atoms in total. The highest BCUT2D eigenvalue weighted by Crippen LogP contribution is 2.42. The number of rotatable bonds is 11. The first-order chi connectivity index (χ1) is 20.4. The van der Waals surface area contributed by atoms with Crippen LogP contribution in [0.1, 0.15) is 5.56 Å². The topological polar surface area (TPSA) is 148 Å². The molecule has 0 radical (unpaired) electrons. The van der Waals surface area contributed by atoms with Crippen molar-refractivity contribution in [2.75, 3.05) is 63.7 Å². The maximum atomic E-state index is 13.3. The average molecular weight is 591 g/mol. The first-order valence-electron chi connectivity index (χ1n) is 13.2. The molecule has 42 heavy (non-hydrogen) atoms. The van der Waals surface area contributed by atoms with Crippen LogP contribution in [0.15, 0.2) is 65.6 Å². The number of sulfonamides is 1. The number of para-hydroxylation sites is 2. The van der Waals surface area contributed by atoms with Crippen molar-refractivity contribution >= 4 is 38.4 Å². The van der Waals surface area contributed by atoms with Crippen LogP contribution in [0.3, 0.4) is 0 Å². The molecule has 2 N–H and O–H groups in total. The fourth-order valence-electron chi connectivity index (χ4n) is 4.37. The van der Waals surface area contributed by atoms with Crippen molar-refractivity contribution in [2.24, 2.45) is 0 Å². The number of methoxy groups -OCH3 is 2. The largest absolute Gasteiger partial charge is 0.497 e. The van der Waals surface area contributed by atoms with E-state index in [-0.39, 0.29) is 16.5 Å². The van der Waals surface area contributed by atoms with Gasteiger partial charge >= 0.3 is 0 Å². The first kappa shape index (κ1) is 28.9. The van der Waals surface area contributed by atoms with E-state index in [4.69, 9.17) is 24.2 Å². The van der Waals surface area contributed by atoms with Gasteiger partial charge in [0.15, 0.2) is 23.1 Å². The molecule has 1 aromatic heterocycles. The Morgan fingerprint density at radius 3 is 2.31 bits per heavy atom. The summed E-state index contributed by atoms with van der Waals surface area (Å²) in [5.74, 6) is 1.43. The van der Waals surface area contributed by atoms with Gasteiger partial charge in [-0.25, -0.2) is 18.4 Å². The van der Waals surface area contributed by atoms with E-state index in [1.807, 2.05) is 12.1 Å². The van der Waals surface area contributed by atoms with Gasteiger partial charge in [0.1, 0.15) is 12.4 Å². The van der Waals surface area contributed by atoms with E-state index in [2.05, 4.69) is 24.9 Å². The first-order valence-corrected chi connectivity index (χ1v) is 14.6. The van der Waals surface area contributed by atoms with Gasteiger partial charge in [-0.05, 0) is 36.4 Å². The third-order valence-electron chi connectivity index (χ3n) is 6.59. The van der Waals surface area contributed by atoms with Crippen molar-refractivity contribution in [1.82, 2.24) is 14.9 Å². The van der Waals surface area contributed by atoms with E-state index in [1.165, 1.54) is 38.5 Å². The van der Waals surface area contributed by atoms with Crippen molar-refractivity contribution < 1.29 is 27.4 Å². The lowest BCUT2D eigenvalue weighted by atomic mass is 10.2. The summed E-state index contributed by atoms with van der Waals surface area (Å²) in [5, 5.41) is 12.3. The summed E-state index contributed by atoms with van der Waals surface area (Å²) in [4.78, 5) is 11.5. The van der Waals surface area contributed by atoms with Gasteiger partial charge in [-0.15, -0.1) is 0 Å². The Balaban J connectivity index is 1.51. The Kier molecular flexibility index (Phi) is 8.87. The number of nitrogens with zero attached hydrogens (tertiary/aromatic N) is 4. The van der Waals surface area contributed by atoms with Crippen LogP contribution in [-0.4, -0.2) is 77.0 Å². The molecule has 218 valence electrons. The Hall–Kier alpha value is -4.64. The Bertz CT molecular complexity index is 1700. The van der Waals surface area contributed by atoms with Gasteiger partial charge in [-0.3, -0.25) is 9.62 Å². The van der Waals surface area contributed by atoms with Crippen LogP contribution >= 0.6 is 0 Å². The fourth-order valence-corrected chi connectivity index (χ4v) is 5.38. The van der Waals surface area contributed by atoms with Gasteiger partial charge in [-0.2, -0.15) is 5.26 Å². The molecular weight excluding hydrogens is 560 g/mol. The minimum Gasteiger partial charge on any atom is -0.497 e. The van der Waals surface area contributed by atoms with Crippen LogP contribution in [0.5, 0.6) is 17.2 Å². The van der Waals surface area contributed by atoms with Crippen molar-refractivity contribution in [3.63, 3.8) is 0 Å². The second kappa shape index (κ2) is 12.9. The summed E-state index contributed by atoms with van der Waals surface area (Å²) in [5.41, 5.74) is 1.82. The summed E-state index contributed by atoms with van der Waals surface area (Å²) in [6.07, 6.45) is 0. The zero-order valence-electron chi connectivity index (χ0n) is 23.2. The summed E-state index contributed by atoms with van der Waals surface area (Å²) in [6.45, 7) is 4.07. The standard InChI is InChI=1S/C29H30N6O6S/c1-38-21-17-25(27(26(18-21)39-2)41-16-13-35-11-14-40-15-12-35)33-28-29(32-24-6-4-3-5-23(24)31-28)34-42(36,37)22-9-7-20(19-30)8-10-22/h3-10,17-18H,11-16H2,1-2H3,(H,31,33)(H,32,34). The molecule has 0 atom stereocenters. The van der Waals surface area contributed by atoms with E-state index < -0.39 is 10.0 Å². The smallest absolute Gasteiger partial charge is 0.263 e. The SMILES string of the molecule is COc1cc(Nc2nc3ccccc3nc2NS(=O)(=O)c2ccc(C#N)cc2)c(OCCN2CCOCC2)c(OC)c1. The molecule has 1 saturated heterocycles. The van der Waals surface area contributed by atoms with Gasteiger partial charge in [0.05, 0.1) is 60.7 Å². The molecular formula is C29H30N6O6S. The van der Waals surface area contributed by atoms with Crippen molar-refractivity contribution in [1.29, 1.82) is 5.26 Å². The van der Waals surface area contributed by atoms with Gasteiger partial charge < -0.3 is 24.3 Å². The summed E-state index contributed by atoms with van der Waals surface area (Å²) < 4.78 is 52.0. The zero-order chi connectivity index (χ0) is 29.5. The Labute approximate surface area is 243 Å². The summed E-state index contributed by atoms with van der Waals surface area (Å²) in [7, 11) is -1.02. The number of morpholine rings is 1. The third kappa shape index (κ3) is 6.63. The molecule has 1 aliphatic heterocycles. The molecule has 0 spiro atoms. The maximum absolute atomic E-state index is 13.3. The van der Waals surface area contributed by atoms with E-state index in [0.717, 1.165) is 13.1 Å². The summed E-state index contributed by atoms with van der Waals surface area (Å²) in [6, 6.07) is 18.1. The fraction of sp³-hybridized carbons (Fsp3) is 0.276. The molecule has 4 aromatic rings. The lowest BCUT2D eigenvalue weighted by Gasteiger charge is -2.26. The van der Waals surface area contributed by atoms with Crippen LogP contribution in [-0.2, 0) is 14.8 Å². The number of aromatic nitrogens is 2. The zero-order valence-corrected chi connectivity index (χ0v) is 24.0. The number of benzene rings is 3. The molecule has 0 amide bonds. The molecule has 1 fully saturated rings. The van der Waals surface area contributed by atoms with Gasteiger partial charge in [0.25, 0.3) is 10.0 Å². The van der Waals surface area contributed by atoms with Crippen LogP contribution in [0.2, 0.25) is 0 Å². The van der Waals surface area contributed by atoms with Crippen LogP contribution in [0.4, 0.5) is 17.3 Å². The molecule has 0 aliphatic carbocycles. The molecule has 2 heterocycles. The molecule has 0 unspecified atom stereocenters. The molecule has 13 heteroatoms. The minimum absolute atomic E-state index is 0.0286. The van der Waals surface area contributed by atoms with Crippen LogP contribution in [0.25, 0.3) is 11.0 Å². The van der Waals surface area contributed by atoms with E-state index in [0.29, 0.717) is 65.9 Å². The Morgan fingerprint density at radius 1 is 0.976 bits per heavy atom. The van der Waals surface area contributed by atoms with Gasteiger partial charge in [0, 0.05) is 31.8 Å². The maximum Gasteiger partial charge on any atom is 0.263 e. The molecule has 3 aromatic carbocycles. The van der Waals surface area contributed by atoms with Crippen molar-refractivity contribution in [3.05, 3.63) is 66.2 Å². The predicted molar refractivity (Wildman–Crippen MR) is 157 cm³/mol. The van der Waals surface area contributed by atoms with Crippen molar-refractivity contribution in [3.8, 4) is 23.3 Å². The average Bonchev–Trinajstić information content (AvgIpc) is 3.02. The molecule has 5 rings (SSSR count). The number of ether oxygens (including phenoxy) is 4. The highest BCUT2D eigenvalue weighted by molar-refractivity contribution is 7.92. The number of nitriles is 1. The number of nitrogens with one attached hydrogen (secondary N) is 2. The lowest BCUT2D eigenvalue weighted by Crippen LogP contribution is -2.38. The number of anilines is 3. The lowest BCUT2D eigenvalue weighted by molar-refractivity contribution is 0.0321. The molecule has 0 bridgehead atoms. The molecule has 0 saturated carbocycles. The molecule has 1 aliphatic rings. The number of hydrogen-bond donors (Lipinski definition) is 2. The van der Waals surface area contributed by atoms with E-state index in [9.17, 15) is 8.42 Å². The van der Waals surface area contributed by atoms with E-state index >= 15 is 0 Å². The normalized spacial score (nSPS) is 13.7. The van der Waals surface area contributed by atoms with Crippen LogP contribution in [0, 0.1) is 11.3 Å².